The van der Waals surface area contributed by atoms with Crippen LogP contribution in [-0.4, -0.2) is 58.5 Å². The second kappa shape index (κ2) is 4.90. The second-order valence-corrected chi connectivity index (χ2v) is 5.41. The fourth-order valence-corrected chi connectivity index (χ4v) is 3.26. The first-order valence-corrected chi connectivity index (χ1v) is 6.63. The quantitative estimate of drug-likeness (QED) is 0.799. The van der Waals surface area contributed by atoms with Crippen molar-refractivity contribution in [1.29, 1.82) is 0 Å². The first-order valence-electron chi connectivity index (χ1n) is 6.63. The van der Waals surface area contributed by atoms with Crippen molar-refractivity contribution in [3.63, 3.8) is 0 Å². The maximum absolute atomic E-state index is 12.7. The highest BCUT2D eigenvalue weighted by atomic mass is 19.1. The molecule has 2 fully saturated rings. The van der Waals surface area contributed by atoms with Gasteiger partial charge < -0.3 is 4.90 Å². The highest BCUT2D eigenvalue weighted by Crippen LogP contribution is 2.29. The minimum absolute atomic E-state index is 0.363. The Morgan fingerprint density at radius 3 is 2.44 bits per heavy atom. The van der Waals surface area contributed by atoms with Gasteiger partial charge in [-0.3, -0.25) is 4.90 Å². The summed E-state index contributed by atoms with van der Waals surface area (Å²) < 4.78 is 12.7. The molecule has 0 amide bonds. The number of aromatic nitrogens is 2. The van der Waals surface area contributed by atoms with Crippen LogP contribution in [0.2, 0.25) is 0 Å². The van der Waals surface area contributed by atoms with Gasteiger partial charge in [-0.05, 0) is 19.9 Å². The first-order chi connectivity index (χ1) is 8.72. The molecule has 3 heterocycles. The Hall–Kier alpha value is -1.07. The molecule has 0 aromatic carbocycles. The summed E-state index contributed by atoms with van der Waals surface area (Å²) in [6, 6.07) is 1.38. The molecule has 2 aliphatic rings. The Morgan fingerprint density at radius 2 is 1.83 bits per heavy atom. The van der Waals surface area contributed by atoms with Gasteiger partial charge in [0.1, 0.15) is 5.82 Å². The summed E-state index contributed by atoms with van der Waals surface area (Å²) in [5.74, 6) is 0.383. The molecule has 5 heteroatoms. The summed E-state index contributed by atoms with van der Waals surface area (Å²) >= 11 is 0. The maximum atomic E-state index is 12.7. The van der Waals surface area contributed by atoms with E-state index < -0.39 is 0 Å². The molecule has 2 saturated heterocycles. The van der Waals surface area contributed by atoms with Crippen LogP contribution in [0.1, 0.15) is 18.7 Å². The van der Waals surface area contributed by atoms with E-state index in [1.807, 2.05) is 0 Å². The van der Waals surface area contributed by atoms with Crippen molar-refractivity contribution in [3.8, 4) is 0 Å². The van der Waals surface area contributed by atoms with E-state index in [1.54, 1.807) is 0 Å². The summed E-state index contributed by atoms with van der Waals surface area (Å²) in [6.07, 6.45) is 5.93. The van der Waals surface area contributed by atoms with Crippen LogP contribution in [0, 0.1) is 5.82 Å². The maximum Gasteiger partial charge on any atom is 0.159 e. The number of halogens is 1. The van der Waals surface area contributed by atoms with Crippen LogP contribution in [0.5, 0.6) is 0 Å². The lowest BCUT2D eigenvalue weighted by Gasteiger charge is -2.39. The largest absolute Gasteiger partial charge is 0.303 e. The van der Waals surface area contributed by atoms with Crippen molar-refractivity contribution in [2.75, 3.05) is 26.7 Å². The van der Waals surface area contributed by atoms with Crippen LogP contribution in [0.25, 0.3) is 0 Å². The molecule has 3 rings (SSSR count). The fraction of sp³-hybridized carbons (Fsp3) is 0.692. The van der Waals surface area contributed by atoms with Crippen molar-refractivity contribution >= 4 is 0 Å². The number of hydrogen-bond acceptors (Lipinski definition) is 4. The highest BCUT2D eigenvalue weighted by molar-refractivity contribution is 4.97. The number of hydrogen-bond donors (Lipinski definition) is 0. The van der Waals surface area contributed by atoms with Gasteiger partial charge in [-0.1, -0.05) is 0 Å². The molecule has 2 bridgehead atoms. The number of rotatable bonds is 3. The molecule has 0 N–H and O–H groups in total. The Labute approximate surface area is 107 Å². The molecule has 4 nitrogen and oxygen atoms in total. The first kappa shape index (κ1) is 12.0. The van der Waals surface area contributed by atoms with E-state index in [0.29, 0.717) is 12.1 Å². The lowest BCUT2D eigenvalue weighted by Crippen LogP contribution is -2.52. The number of nitrogens with zero attached hydrogens (tertiary/aromatic N) is 4. The van der Waals surface area contributed by atoms with E-state index in [9.17, 15) is 4.39 Å². The molecule has 2 atom stereocenters. The average molecular weight is 250 g/mol. The molecular weight excluding hydrogens is 231 g/mol. The standard InChI is InChI=1S/C13H19FN4/c1-17-8-11-2-3-12(9-17)18(11)5-4-13-15-6-10(14)7-16-13/h6-7,11-12H,2-5,8-9H2,1H3. The highest BCUT2D eigenvalue weighted by Gasteiger charge is 2.38. The molecule has 98 valence electrons. The van der Waals surface area contributed by atoms with Gasteiger partial charge >= 0.3 is 0 Å². The number of likely N-dealkylation sites (N-methyl/N-ethyl adjacent to an activating group) is 1. The molecule has 0 aliphatic carbocycles. The normalized spacial score (nSPS) is 28.8. The Morgan fingerprint density at radius 1 is 1.22 bits per heavy atom. The molecule has 0 saturated carbocycles. The molecule has 2 aliphatic heterocycles. The van der Waals surface area contributed by atoms with Crippen LogP contribution in [0.4, 0.5) is 4.39 Å². The van der Waals surface area contributed by atoms with Gasteiger partial charge in [0.05, 0.1) is 12.4 Å². The van der Waals surface area contributed by atoms with Gasteiger partial charge in [0.25, 0.3) is 0 Å². The molecule has 0 spiro atoms. The topological polar surface area (TPSA) is 32.3 Å². The van der Waals surface area contributed by atoms with E-state index in [1.165, 1.54) is 38.3 Å². The lowest BCUT2D eigenvalue weighted by atomic mass is 10.2. The van der Waals surface area contributed by atoms with Crippen LogP contribution < -0.4 is 0 Å². The summed E-state index contributed by atoms with van der Waals surface area (Å²) in [6.45, 7) is 3.33. The molecule has 18 heavy (non-hydrogen) atoms. The van der Waals surface area contributed by atoms with Crippen molar-refractivity contribution in [3.05, 3.63) is 24.0 Å². The smallest absolute Gasteiger partial charge is 0.159 e. The molecular formula is C13H19FN4. The van der Waals surface area contributed by atoms with Crippen molar-refractivity contribution < 1.29 is 4.39 Å². The van der Waals surface area contributed by atoms with Crippen molar-refractivity contribution in [1.82, 2.24) is 19.8 Å². The van der Waals surface area contributed by atoms with Gasteiger partial charge in [-0.2, -0.15) is 0 Å². The predicted octanol–water partition coefficient (Wildman–Crippen LogP) is 0.937. The van der Waals surface area contributed by atoms with E-state index in [2.05, 4.69) is 26.8 Å². The van der Waals surface area contributed by atoms with E-state index >= 15 is 0 Å². The molecule has 1 aromatic heterocycles. The number of piperazine rings is 1. The van der Waals surface area contributed by atoms with Gasteiger partial charge in [0.2, 0.25) is 0 Å². The third kappa shape index (κ3) is 2.37. The van der Waals surface area contributed by atoms with Gasteiger partial charge in [-0.25, -0.2) is 14.4 Å². The van der Waals surface area contributed by atoms with E-state index in [4.69, 9.17) is 0 Å². The van der Waals surface area contributed by atoms with Crippen LogP contribution >= 0.6 is 0 Å². The second-order valence-electron chi connectivity index (χ2n) is 5.41. The zero-order valence-corrected chi connectivity index (χ0v) is 10.7. The number of fused-ring (bicyclic) bond motifs is 2. The Kier molecular flexibility index (Phi) is 3.26. The molecule has 0 radical (unpaired) electrons. The molecule has 2 unspecified atom stereocenters. The third-order valence-electron chi connectivity index (χ3n) is 4.08. The van der Waals surface area contributed by atoms with Gasteiger partial charge in [0.15, 0.2) is 5.82 Å². The zero-order chi connectivity index (χ0) is 12.5. The van der Waals surface area contributed by atoms with E-state index in [0.717, 1.165) is 18.8 Å². The van der Waals surface area contributed by atoms with Crippen LogP contribution in [0.15, 0.2) is 12.4 Å². The monoisotopic (exact) mass is 250 g/mol. The van der Waals surface area contributed by atoms with Crippen molar-refractivity contribution in [2.24, 2.45) is 0 Å². The average Bonchev–Trinajstić information content (AvgIpc) is 2.60. The lowest BCUT2D eigenvalue weighted by molar-refractivity contribution is 0.0832. The fourth-order valence-electron chi connectivity index (χ4n) is 3.26. The van der Waals surface area contributed by atoms with Crippen LogP contribution in [0.3, 0.4) is 0 Å². The van der Waals surface area contributed by atoms with Gasteiger partial charge in [0, 0.05) is 38.1 Å². The summed E-state index contributed by atoms with van der Waals surface area (Å²) in [4.78, 5) is 13.1. The zero-order valence-electron chi connectivity index (χ0n) is 10.7. The minimum atomic E-state index is -0.363. The summed E-state index contributed by atoms with van der Waals surface area (Å²) in [5, 5.41) is 0. The minimum Gasteiger partial charge on any atom is -0.303 e. The SMILES string of the molecule is CN1CC2CCC(C1)N2CCc1ncc(F)cn1. The van der Waals surface area contributed by atoms with Crippen molar-refractivity contribution in [2.45, 2.75) is 31.3 Å². The van der Waals surface area contributed by atoms with E-state index in [-0.39, 0.29) is 5.82 Å². The van der Waals surface area contributed by atoms with Crippen LogP contribution in [-0.2, 0) is 6.42 Å². The predicted molar refractivity (Wildman–Crippen MR) is 66.7 cm³/mol. The Balaban J connectivity index is 1.59. The Bertz CT molecular complexity index is 394. The summed E-state index contributed by atoms with van der Waals surface area (Å²) in [7, 11) is 2.20. The summed E-state index contributed by atoms with van der Waals surface area (Å²) in [5.41, 5.74) is 0. The third-order valence-corrected chi connectivity index (χ3v) is 4.08. The molecule has 1 aromatic rings. The number of likely N-dealkylation sites (tertiary alicyclic amines) is 1. The van der Waals surface area contributed by atoms with Gasteiger partial charge in [-0.15, -0.1) is 0 Å².